The summed E-state index contributed by atoms with van der Waals surface area (Å²) in [7, 11) is 3.08. The number of thioether (sulfide) groups is 1. The van der Waals surface area contributed by atoms with E-state index in [1.54, 1.807) is 53.1 Å². The first-order valence-electron chi connectivity index (χ1n) is 7.54. The second-order valence-corrected chi connectivity index (χ2v) is 6.53. The molecule has 1 unspecified atom stereocenters. The summed E-state index contributed by atoms with van der Waals surface area (Å²) in [5.74, 6) is 1.41. The van der Waals surface area contributed by atoms with Crippen LogP contribution in [0.1, 0.15) is 21.3 Å². The summed E-state index contributed by atoms with van der Waals surface area (Å²) in [5, 5.41) is -0.323. The van der Waals surface area contributed by atoms with Crippen molar-refractivity contribution >= 4 is 17.7 Å². The third kappa shape index (κ3) is 3.19. The molecule has 3 rings (SSSR count). The molecule has 6 heteroatoms. The molecule has 1 aliphatic rings. The molecule has 0 aromatic heterocycles. The lowest BCUT2D eigenvalue weighted by molar-refractivity contribution is 0.0758. The van der Waals surface area contributed by atoms with Crippen molar-refractivity contribution in [3.8, 4) is 11.5 Å². The molecule has 0 N–H and O–H groups in total. The SMILES string of the molecule is COc1cc(OC)cc(C(=O)N2CCSC2c2ccccc2F)c1. The third-order valence-electron chi connectivity index (χ3n) is 3.92. The van der Waals surface area contributed by atoms with Crippen molar-refractivity contribution in [3.05, 3.63) is 59.4 Å². The second kappa shape index (κ2) is 7.13. The van der Waals surface area contributed by atoms with Crippen molar-refractivity contribution < 1.29 is 18.7 Å². The number of nitrogens with zero attached hydrogens (tertiary/aromatic N) is 1. The van der Waals surface area contributed by atoms with Crippen molar-refractivity contribution in [2.75, 3.05) is 26.5 Å². The van der Waals surface area contributed by atoms with E-state index in [-0.39, 0.29) is 17.1 Å². The molecule has 1 saturated heterocycles. The number of benzene rings is 2. The summed E-state index contributed by atoms with van der Waals surface area (Å²) in [6.45, 7) is 0.571. The number of carbonyl (C=O) groups is 1. The van der Waals surface area contributed by atoms with Crippen LogP contribution in [0.15, 0.2) is 42.5 Å². The number of halogens is 1. The fourth-order valence-electron chi connectivity index (χ4n) is 2.71. The average Bonchev–Trinajstić information content (AvgIpc) is 3.10. The van der Waals surface area contributed by atoms with Gasteiger partial charge >= 0.3 is 0 Å². The summed E-state index contributed by atoms with van der Waals surface area (Å²) in [4.78, 5) is 14.6. The largest absolute Gasteiger partial charge is 0.497 e. The Morgan fingerprint density at radius 1 is 1.17 bits per heavy atom. The van der Waals surface area contributed by atoms with Crippen LogP contribution in [-0.2, 0) is 0 Å². The molecular weight excluding hydrogens is 329 g/mol. The van der Waals surface area contributed by atoms with E-state index in [9.17, 15) is 9.18 Å². The first kappa shape index (κ1) is 16.6. The smallest absolute Gasteiger partial charge is 0.255 e. The van der Waals surface area contributed by atoms with Gasteiger partial charge in [0.2, 0.25) is 0 Å². The Balaban J connectivity index is 1.93. The minimum absolute atomic E-state index is 0.162. The Hall–Kier alpha value is -2.21. The lowest BCUT2D eigenvalue weighted by Crippen LogP contribution is -2.30. The summed E-state index contributed by atoms with van der Waals surface area (Å²) < 4.78 is 24.6. The van der Waals surface area contributed by atoms with Crippen LogP contribution in [0.4, 0.5) is 4.39 Å². The van der Waals surface area contributed by atoms with Gasteiger partial charge in [-0.3, -0.25) is 4.79 Å². The first-order chi connectivity index (χ1) is 11.6. The molecule has 4 nitrogen and oxygen atoms in total. The minimum atomic E-state index is -0.323. The van der Waals surface area contributed by atoms with Crippen LogP contribution in [-0.4, -0.2) is 37.3 Å². The van der Waals surface area contributed by atoms with Crippen LogP contribution in [0, 0.1) is 5.82 Å². The van der Waals surface area contributed by atoms with Crippen LogP contribution in [0.3, 0.4) is 0 Å². The van der Waals surface area contributed by atoms with Gasteiger partial charge in [-0.15, -0.1) is 11.8 Å². The second-order valence-electron chi connectivity index (χ2n) is 5.34. The topological polar surface area (TPSA) is 38.8 Å². The van der Waals surface area contributed by atoms with Gasteiger partial charge in [0, 0.05) is 29.5 Å². The van der Waals surface area contributed by atoms with Crippen molar-refractivity contribution in [1.29, 1.82) is 0 Å². The van der Waals surface area contributed by atoms with E-state index in [2.05, 4.69) is 0 Å². The van der Waals surface area contributed by atoms with Crippen LogP contribution in [0.2, 0.25) is 0 Å². The van der Waals surface area contributed by atoms with Gasteiger partial charge in [-0.25, -0.2) is 4.39 Å². The molecule has 24 heavy (non-hydrogen) atoms. The fourth-order valence-corrected chi connectivity index (χ4v) is 3.98. The maximum absolute atomic E-state index is 14.1. The van der Waals surface area contributed by atoms with Gasteiger partial charge in [-0.05, 0) is 18.2 Å². The first-order valence-corrected chi connectivity index (χ1v) is 8.59. The lowest BCUT2D eigenvalue weighted by Gasteiger charge is -2.25. The van der Waals surface area contributed by atoms with Crippen molar-refractivity contribution in [1.82, 2.24) is 4.90 Å². The quantitative estimate of drug-likeness (QED) is 0.845. The molecule has 1 atom stereocenters. The number of rotatable bonds is 4. The van der Waals surface area contributed by atoms with Gasteiger partial charge in [0.05, 0.1) is 14.2 Å². The molecule has 0 bridgehead atoms. The molecule has 0 aliphatic carbocycles. The molecule has 0 saturated carbocycles. The zero-order valence-electron chi connectivity index (χ0n) is 13.5. The van der Waals surface area contributed by atoms with Crippen LogP contribution in [0.25, 0.3) is 0 Å². The van der Waals surface area contributed by atoms with Crippen LogP contribution >= 0.6 is 11.8 Å². The van der Waals surface area contributed by atoms with E-state index in [1.165, 1.54) is 20.3 Å². The highest BCUT2D eigenvalue weighted by molar-refractivity contribution is 7.99. The van der Waals surface area contributed by atoms with Gasteiger partial charge in [-0.2, -0.15) is 0 Å². The van der Waals surface area contributed by atoms with Crippen molar-refractivity contribution in [3.63, 3.8) is 0 Å². The highest BCUT2D eigenvalue weighted by atomic mass is 32.2. The van der Waals surface area contributed by atoms with E-state index in [0.29, 0.717) is 29.2 Å². The van der Waals surface area contributed by atoms with Gasteiger partial charge in [0.1, 0.15) is 22.7 Å². The number of methoxy groups -OCH3 is 2. The molecular formula is C18H18FNO3S. The summed E-state index contributed by atoms with van der Waals surface area (Å²) in [5.41, 5.74) is 0.998. The number of hydrogen-bond acceptors (Lipinski definition) is 4. The van der Waals surface area contributed by atoms with Crippen molar-refractivity contribution in [2.24, 2.45) is 0 Å². The molecule has 1 fully saturated rings. The van der Waals surface area contributed by atoms with Gasteiger partial charge in [0.15, 0.2) is 0 Å². The van der Waals surface area contributed by atoms with E-state index in [1.807, 2.05) is 0 Å². The van der Waals surface area contributed by atoms with Gasteiger partial charge in [0.25, 0.3) is 5.91 Å². The average molecular weight is 347 g/mol. The highest BCUT2D eigenvalue weighted by Crippen LogP contribution is 2.40. The lowest BCUT2D eigenvalue weighted by atomic mass is 10.1. The normalized spacial score (nSPS) is 17.0. The molecule has 0 radical (unpaired) electrons. The predicted octanol–water partition coefficient (Wildman–Crippen LogP) is 3.73. The van der Waals surface area contributed by atoms with Crippen LogP contribution in [0.5, 0.6) is 11.5 Å². The Labute approximate surface area is 144 Å². The van der Waals surface area contributed by atoms with Crippen LogP contribution < -0.4 is 9.47 Å². The monoisotopic (exact) mass is 347 g/mol. The molecule has 2 aromatic rings. The Kier molecular flexibility index (Phi) is 4.94. The predicted molar refractivity (Wildman–Crippen MR) is 92.2 cm³/mol. The van der Waals surface area contributed by atoms with Gasteiger partial charge in [-0.1, -0.05) is 18.2 Å². The summed E-state index contributed by atoms with van der Waals surface area (Å²) in [6, 6.07) is 11.6. The number of amides is 1. The molecule has 2 aromatic carbocycles. The minimum Gasteiger partial charge on any atom is -0.497 e. The van der Waals surface area contributed by atoms with E-state index in [4.69, 9.17) is 9.47 Å². The maximum atomic E-state index is 14.1. The fraction of sp³-hybridized carbons (Fsp3) is 0.278. The number of carbonyl (C=O) groups excluding carboxylic acids is 1. The van der Waals surface area contributed by atoms with E-state index in [0.717, 1.165) is 5.75 Å². The third-order valence-corrected chi connectivity index (χ3v) is 5.16. The molecule has 1 amide bonds. The zero-order chi connectivity index (χ0) is 17.1. The Morgan fingerprint density at radius 2 is 1.83 bits per heavy atom. The van der Waals surface area contributed by atoms with Gasteiger partial charge < -0.3 is 14.4 Å². The van der Waals surface area contributed by atoms with E-state index >= 15 is 0 Å². The summed E-state index contributed by atoms with van der Waals surface area (Å²) in [6.07, 6.45) is 0. The number of hydrogen-bond donors (Lipinski definition) is 0. The maximum Gasteiger partial charge on any atom is 0.255 e. The summed E-state index contributed by atoms with van der Waals surface area (Å²) >= 11 is 1.56. The number of ether oxygens (including phenoxy) is 2. The molecule has 126 valence electrons. The Morgan fingerprint density at radius 3 is 2.46 bits per heavy atom. The molecule has 1 aliphatic heterocycles. The Bertz CT molecular complexity index is 731. The zero-order valence-corrected chi connectivity index (χ0v) is 14.3. The highest BCUT2D eigenvalue weighted by Gasteiger charge is 2.33. The van der Waals surface area contributed by atoms with Crippen molar-refractivity contribution in [2.45, 2.75) is 5.37 Å². The molecule has 1 heterocycles. The standard InChI is InChI=1S/C18H18FNO3S/c1-22-13-9-12(10-14(11-13)23-2)17(21)20-7-8-24-18(20)15-5-3-4-6-16(15)19/h3-6,9-11,18H,7-8H2,1-2H3. The van der Waals surface area contributed by atoms with E-state index < -0.39 is 0 Å². The molecule has 0 spiro atoms.